The molecule has 1 aliphatic rings. The van der Waals surface area contributed by atoms with Gasteiger partial charge in [0.2, 0.25) is 5.88 Å². The second-order valence-electron chi connectivity index (χ2n) is 6.27. The van der Waals surface area contributed by atoms with E-state index in [4.69, 9.17) is 21.3 Å². The zero-order chi connectivity index (χ0) is 14.9. The molecule has 2 heterocycles. The lowest BCUT2D eigenvalue weighted by Gasteiger charge is -2.25. The Bertz CT molecular complexity index is 632. The highest BCUT2D eigenvalue weighted by Crippen LogP contribution is 2.39. The molecule has 2 aromatic heterocycles. The number of imidazole rings is 1. The number of nitrogens with zero attached hydrogens (tertiary/aromatic N) is 3. The Morgan fingerprint density at radius 1 is 1.29 bits per heavy atom. The number of halogens is 1. The van der Waals surface area contributed by atoms with Crippen molar-refractivity contribution >= 4 is 22.8 Å². The summed E-state index contributed by atoms with van der Waals surface area (Å²) in [5, 5.41) is 0. The van der Waals surface area contributed by atoms with Gasteiger partial charge in [0.15, 0.2) is 5.65 Å². The Hall–Kier alpha value is -1.29. The maximum atomic E-state index is 5.95. The van der Waals surface area contributed by atoms with Crippen LogP contribution in [0.25, 0.3) is 11.2 Å². The molecule has 0 bridgehead atoms. The molecule has 1 fully saturated rings. The summed E-state index contributed by atoms with van der Waals surface area (Å²) in [6, 6.07) is 3.84. The van der Waals surface area contributed by atoms with Crippen LogP contribution in [0, 0.1) is 5.41 Å². The van der Waals surface area contributed by atoms with Gasteiger partial charge in [-0.3, -0.25) is 0 Å². The molecule has 0 spiro atoms. The first-order valence-electron chi connectivity index (χ1n) is 7.61. The average Bonchev–Trinajstić information content (AvgIpc) is 3.05. The molecule has 114 valence electrons. The molecule has 0 saturated heterocycles. The third-order valence-electron chi connectivity index (χ3n) is 4.52. The summed E-state index contributed by atoms with van der Waals surface area (Å²) in [5.41, 5.74) is 2.19. The number of alkyl halides is 1. The van der Waals surface area contributed by atoms with Crippen molar-refractivity contribution in [3.63, 3.8) is 0 Å². The molecule has 0 atom stereocenters. The molecule has 1 saturated carbocycles. The summed E-state index contributed by atoms with van der Waals surface area (Å²) in [6.45, 7) is 3.34. The van der Waals surface area contributed by atoms with E-state index >= 15 is 0 Å². The normalized spacial score (nSPS) is 17.5. The molecule has 2 aromatic rings. The summed E-state index contributed by atoms with van der Waals surface area (Å²) in [6.07, 6.45) is 5.97. The van der Waals surface area contributed by atoms with Gasteiger partial charge in [-0.25, -0.2) is 4.98 Å². The molecule has 4 nitrogen and oxygen atoms in total. The van der Waals surface area contributed by atoms with Crippen LogP contribution >= 0.6 is 11.6 Å². The van der Waals surface area contributed by atoms with Gasteiger partial charge >= 0.3 is 0 Å². The first kappa shape index (κ1) is 14.6. The Labute approximate surface area is 130 Å². The number of rotatable bonds is 5. The van der Waals surface area contributed by atoms with E-state index in [0.29, 0.717) is 17.2 Å². The fourth-order valence-electron chi connectivity index (χ4n) is 3.35. The van der Waals surface area contributed by atoms with E-state index in [9.17, 15) is 0 Å². The van der Waals surface area contributed by atoms with E-state index < -0.39 is 0 Å². The zero-order valence-electron chi connectivity index (χ0n) is 12.7. The van der Waals surface area contributed by atoms with Gasteiger partial charge in [0.05, 0.1) is 7.11 Å². The summed E-state index contributed by atoms with van der Waals surface area (Å²) >= 11 is 5.95. The minimum absolute atomic E-state index is 0.347. The third kappa shape index (κ3) is 2.86. The Kier molecular flexibility index (Phi) is 4.07. The summed E-state index contributed by atoms with van der Waals surface area (Å²) in [5.74, 6) is 2.25. The topological polar surface area (TPSA) is 39.9 Å². The van der Waals surface area contributed by atoms with Crippen LogP contribution in [0.1, 0.15) is 38.4 Å². The van der Waals surface area contributed by atoms with Crippen LogP contribution in [0.4, 0.5) is 0 Å². The highest BCUT2D eigenvalue weighted by molar-refractivity contribution is 6.17. The predicted octanol–water partition coefficient (Wildman–Crippen LogP) is 3.80. The molecule has 0 N–H and O–H groups in total. The number of aromatic nitrogens is 3. The van der Waals surface area contributed by atoms with Gasteiger partial charge in [0.25, 0.3) is 0 Å². The molecule has 0 aliphatic heterocycles. The molecule has 0 radical (unpaired) electrons. The Morgan fingerprint density at radius 2 is 2.05 bits per heavy atom. The van der Waals surface area contributed by atoms with Gasteiger partial charge in [-0.1, -0.05) is 19.8 Å². The summed E-state index contributed by atoms with van der Waals surface area (Å²) in [4.78, 5) is 9.32. The Balaban J connectivity index is 2.05. The molecule has 0 aromatic carbocycles. The number of pyridine rings is 1. The minimum Gasteiger partial charge on any atom is -0.481 e. The zero-order valence-corrected chi connectivity index (χ0v) is 13.5. The van der Waals surface area contributed by atoms with Crippen molar-refractivity contribution in [3.8, 4) is 5.88 Å². The number of ether oxygens (including phenoxy) is 1. The minimum atomic E-state index is 0.347. The van der Waals surface area contributed by atoms with E-state index in [1.165, 1.54) is 25.7 Å². The lowest BCUT2D eigenvalue weighted by molar-refractivity contribution is 0.281. The van der Waals surface area contributed by atoms with Crippen LogP contribution in [0.15, 0.2) is 12.1 Å². The average molecular weight is 308 g/mol. The number of hydrogen-bond donors (Lipinski definition) is 0. The third-order valence-corrected chi connectivity index (χ3v) is 4.71. The van der Waals surface area contributed by atoms with Crippen molar-refractivity contribution in [1.29, 1.82) is 0 Å². The van der Waals surface area contributed by atoms with Crippen LogP contribution in [0.5, 0.6) is 5.88 Å². The van der Waals surface area contributed by atoms with E-state index in [2.05, 4.69) is 16.5 Å². The lowest BCUT2D eigenvalue weighted by Crippen LogP contribution is -2.21. The highest BCUT2D eigenvalue weighted by Gasteiger charge is 2.30. The van der Waals surface area contributed by atoms with Crippen molar-refractivity contribution < 1.29 is 4.74 Å². The molecule has 3 rings (SSSR count). The SMILES string of the molecule is COc1ccc2nc(CCCl)n(CC3(C)CCCC3)c2n1. The number of methoxy groups -OCH3 is 1. The van der Waals surface area contributed by atoms with Gasteiger partial charge in [-0.15, -0.1) is 11.6 Å². The fourth-order valence-corrected chi connectivity index (χ4v) is 3.52. The quantitative estimate of drug-likeness (QED) is 0.789. The van der Waals surface area contributed by atoms with Crippen LogP contribution in [-0.4, -0.2) is 27.5 Å². The lowest BCUT2D eigenvalue weighted by atomic mass is 9.89. The second-order valence-corrected chi connectivity index (χ2v) is 6.65. The van der Waals surface area contributed by atoms with Crippen molar-refractivity contribution in [2.24, 2.45) is 5.41 Å². The van der Waals surface area contributed by atoms with Gasteiger partial charge < -0.3 is 9.30 Å². The van der Waals surface area contributed by atoms with Crippen molar-refractivity contribution in [3.05, 3.63) is 18.0 Å². The van der Waals surface area contributed by atoms with Crippen LogP contribution in [-0.2, 0) is 13.0 Å². The van der Waals surface area contributed by atoms with E-state index in [-0.39, 0.29) is 0 Å². The van der Waals surface area contributed by atoms with Gasteiger partial charge in [-0.05, 0) is 24.3 Å². The van der Waals surface area contributed by atoms with Gasteiger partial charge in [0.1, 0.15) is 11.3 Å². The fraction of sp³-hybridized carbons (Fsp3) is 0.625. The largest absolute Gasteiger partial charge is 0.481 e. The molecular weight excluding hydrogens is 286 g/mol. The Morgan fingerprint density at radius 3 is 2.71 bits per heavy atom. The monoisotopic (exact) mass is 307 g/mol. The maximum Gasteiger partial charge on any atom is 0.215 e. The van der Waals surface area contributed by atoms with E-state index in [1.807, 2.05) is 12.1 Å². The van der Waals surface area contributed by atoms with Gasteiger partial charge in [0, 0.05) is 24.9 Å². The first-order valence-corrected chi connectivity index (χ1v) is 8.15. The molecular formula is C16H22ClN3O. The molecule has 5 heteroatoms. The molecule has 0 unspecified atom stereocenters. The van der Waals surface area contributed by atoms with E-state index in [0.717, 1.165) is 30.0 Å². The molecule has 21 heavy (non-hydrogen) atoms. The van der Waals surface area contributed by atoms with Gasteiger partial charge in [-0.2, -0.15) is 4.98 Å². The second kappa shape index (κ2) is 5.84. The van der Waals surface area contributed by atoms with Crippen LogP contribution in [0.3, 0.4) is 0 Å². The summed E-state index contributed by atoms with van der Waals surface area (Å²) < 4.78 is 7.52. The number of aryl methyl sites for hydroxylation is 1. The standard InChI is InChI=1S/C16H22ClN3O/c1-16(8-3-4-9-16)11-20-13(7-10-17)18-12-5-6-14(21-2)19-15(12)20/h5-6H,3-4,7-11H2,1-2H3. The molecule has 1 aliphatic carbocycles. The number of hydrogen-bond acceptors (Lipinski definition) is 3. The van der Waals surface area contributed by atoms with Crippen molar-refractivity contribution in [1.82, 2.24) is 14.5 Å². The van der Waals surface area contributed by atoms with Crippen molar-refractivity contribution in [2.45, 2.75) is 45.6 Å². The molecule has 0 amide bonds. The predicted molar refractivity (Wildman–Crippen MR) is 85.1 cm³/mol. The summed E-state index contributed by atoms with van der Waals surface area (Å²) in [7, 11) is 1.65. The van der Waals surface area contributed by atoms with Crippen molar-refractivity contribution in [2.75, 3.05) is 13.0 Å². The number of fused-ring (bicyclic) bond motifs is 1. The van der Waals surface area contributed by atoms with Crippen LogP contribution < -0.4 is 4.74 Å². The highest BCUT2D eigenvalue weighted by atomic mass is 35.5. The van der Waals surface area contributed by atoms with E-state index in [1.54, 1.807) is 7.11 Å². The first-order chi connectivity index (χ1) is 10.1. The van der Waals surface area contributed by atoms with Crippen LogP contribution in [0.2, 0.25) is 0 Å². The smallest absolute Gasteiger partial charge is 0.215 e. The maximum absolute atomic E-state index is 5.95.